The maximum atomic E-state index is 13.5. The molecule has 30 heavy (non-hydrogen) atoms. The van der Waals surface area contributed by atoms with Crippen LogP contribution in [0.15, 0.2) is 67.0 Å². The molecule has 0 spiro atoms. The summed E-state index contributed by atoms with van der Waals surface area (Å²) in [6, 6.07) is 16.8. The number of rotatable bonds is 5. The molecular formula is C23H19FN4OS. The second kappa shape index (κ2) is 8.30. The van der Waals surface area contributed by atoms with Gasteiger partial charge in [-0.25, -0.2) is 19.3 Å². The number of hydrogen-bond donors (Lipinski definition) is 0. The van der Waals surface area contributed by atoms with Gasteiger partial charge >= 0.3 is 6.01 Å². The molecule has 0 N–H and O–H groups in total. The van der Waals surface area contributed by atoms with Gasteiger partial charge < -0.3 is 4.74 Å². The third-order valence-electron chi connectivity index (χ3n) is 4.96. The molecule has 3 heterocycles. The Hall–Kier alpha value is -3.16. The van der Waals surface area contributed by atoms with Gasteiger partial charge in [-0.15, -0.1) is 11.3 Å². The third-order valence-corrected chi connectivity index (χ3v) is 6.09. The average molecular weight is 418 g/mol. The Morgan fingerprint density at radius 1 is 1.03 bits per heavy atom. The van der Waals surface area contributed by atoms with Crippen molar-refractivity contribution in [2.45, 2.75) is 19.5 Å². The van der Waals surface area contributed by atoms with Gasteiger partial charge in [0.05, 0.1) is 5.69 Å². The van der Waals surface area contributed by atoms with Crippen molar-refractivity contribution in [1.82, 2.24) is 19.9 Å². The van der Waals surface area contributed by atoms with Crippen LogP contribution in [0.1, 0.15) is 16.1 Å². The number of fused-ring (bicyclic) bond motifs is 1. The highest BCUT2D eigenvalue weighted by Gasteiger charge is 2.21. The molecule has 0 bridgehead atoms. The van der Waals surface area contributed by atoms with E-state index in [2.05, 4.69) is 27.0 Å². The SMILES string of the molecule is Fc1cccc(-c2nc3c(s2)CN(Cc2ccc(Oc4ncccn4)cc2)CC3)c1. The monoisotopic (exact) mass is 418 g/mol. The zero-order valence-corrected chi connectivity index (χ0v) is 17.0. The molecular weight excluding hydrogens is 399 g/mol. The third kappa shape index (κ3) is 4.22. The van der Waals surface area contributed by atoms with E-state index in [1.165, 1.54) is 16.5 Å². The second-order valence-corrected chi connectivity index (χ2v) is 8.22. The van der Waals surface area contributed by atoms with Crippen molar-refractivity contribution >= 4 is 11.3 Å². The molecule has 5 nitrogen and oxygen atoms in total. The number of halogens is 1. The van der Waals surface area contributed by atoms with Gasteiger partial charge in [0.15, 0.2) is 0 Å². The van der Waals surface area contributed by atoms with Crippen molar-refractivity contribution < 1.29 is 9.13 Å². The van der Waals surface area contributed by atoms with Gasteiger partial charge in [0, 0.05) is 48.9 Å². The van der Waals surface area contributed by atoms with E-state index in [-0.39, 0.29) is 5.82 Å². The number of hydrogen-bond acceptors (Lipinski definition) is 6. The summed E-state index contributed by atoms with van der Waals surface area (Å²) in [5.74, 6) is 0.488. The smallest absolute Gasteiger partial charge is 0.321 e. The van der Waals surface area contributed by atoms with Crippen molar-refractivity contribution in [2.24, 2.45) is 0 Å². The van der Waals surface area contributed by atoms with E-state index in [0.29, 0.717) is 11.8 Å². The minimum absolute atomic E-state index is 0.228. The van der Waals surface area contributed by atoms with E-state index in [1.54, 1.807) is 41.9 Å². The zero-order chi connectivity index (χ0) is 20.3. The van der Waals surface area contributed by atoms with Crippen LogP contribution in [0.4, 0.5) is 4.39 Å². The van der Waals surface area contributed by atoms with Crippen LogP contribution in [0.5, 0.6) is 11.8 Å². The van der Waals surface area contributed by atoms with Crippen molar-refractivity contribution in [3.8, 4) is 22.3 Å². The first kappa shape index (κ1) is 18.8. The fraction of sp³-hybridized carbons (Fsp3) is 0.174. The molecule has 0 saturated carbocycles. The Bertz CT molecular complexity index is 1150. The van der Waals surface area contributed by atoms with Crippen LogP contribution in [0.3, 0.4) is 0 Å². The molecule has 2 aromatic heterocycles. The summed E-state index contributed by atoms with van der Waals surface area (Å²) < 4.78 is 19.2. The largest absolute Gasteiger partial charge is 0.424 e. The molecule has 0 atom stereocenters. The molecule has 0 unspecified atom stereocenters. The lowest BCUT2D eigenvalue weighted by Crippen LogP contribution is -2.29. The maximum Gasteiger partial charge on any atom is 0.321 e. The molecule has 4 aromatic rings. The van der Waals surface area contributed by atoms with E-state index < -0.39 is 0 Å². The molecule has 1 aliphatic heterocycles. The maximum absolute atomic E-state index is 13.5. The van der Waals surface area contributed by atoms with Crippen molar-refractivity contribution in [3.63, 3.8) is 0 Å². The Morgan fingerprint density at radius 2 is 1.87 bits per heavy atom. The molecule has 0 amide bonds. The van der Waals surface area contributed by atoms with E-state index in [1.807, 2.05) is 18.2 Å². The minimum Gasteiger partial charge on any atom is -0.424 e. The fourth-order valence-electron chi connectivity index (χ4n) is 3.49. The van der Waals surface area contributed by atoms with Crippen molar-refractivity contribution in [1.29, 1.82) is 0 Å². The highest BCUT2D eigenvalue weighted by Crippen LogP contribution is 2.32. The van der Waals surface area contributed by atoms with Crippen molar-refractivity contribution in [3.05, 3.63) is 88.9 Å². The topological polar surface area (TPSA) is 51.1 Å². The number of benzene rings is 2. The van der Waals surface area contributed by atoms with Gasteiger partial charge in [-0.1, -0.05) is 24.3 Å². The number of ether oxygens (including phenoxy) is 1. The Morgan fingerprint density at radius 3 is 2.67 bits per heavy atom. The number of nitrogens with zero attached hydrogens (tertiary/aromatic N) is 4. The summed E-state index contributed by atoms with van der Waals surface area (Å²) in [4.78, 5) is 16.6. The van der Waals surface area contributed by atoms with Gasteiger partial charge in [-0.2, -0.15) is 0 Å². The van der Waals surface area contributed by atoms with Gasteiger partial charge in [0.1, 0.15) is 16.6 Å². The quantitative estimate of drug-likeness (QED) is 0.452. The average Bonchev–Trinajstić information content (AvgIpc) is 3.19. The van der Waals surface area contributed by atoms with Crippen LogP contribution in [0.2, 0.25) is 0 Å². The zero-order valence-electron chi connectivity index (χ0n) is 16.2. The van der Waals surface area contributed by atoms with E-state index in [9.17, 15) is 4.39 Å². The molecule has 0 aliphatic carbocycles. The summed E-state index contributed by atoms with van der Waals surface area (Å²) in [7, 11) is 0. The molecule has 0 saturated heterocycles. The normalized spacial score (nSPS) is 13.8. The van der Waals surface area contributed by atoms with Crippen LogP contribution in [0.25, 0.3) is 10.6 Å². The first-order valence-electron chi connectivity index (χ1n) is 9.74. The highest BCUT2D eigenvalue weighted by atomic mass is 32.1. The summed E-state index contributed by atoms with van der Waals surface area (Å²) in [5.41, 5.74) is 3.20. The lowest BCUT2D eigenvalue weighted by Gasteiger charge is -2.25. The van der Waals surface area contributed by atoms with E-state index in [4.69, 9.17) is 9.72 Å². The standard InChI is InChI=1S/C23H19FN4OS/c24-18-4-1-3-17(13-18)22-27-20-9-12-28(15-21(20)30-22)14-16-5-7-19(8-6-16)29-23-25-10-2-11-26-23/h1-8,10-11,13H,9,12,14-15H2. The predicted octanol–water partition coefficient (Wildman–Crippen LogP) is 5.09. The lowest BCUT2D eigenvalue weighted by molar-refractivity contribution is 0.247. The molecule has 2 aromatic carbocycles. The molecule has 0 fully saturated rings. The lowest BCUT2D eigenvalue weighted by atomic mass is 10.1. The Labute approximate surface area is 177 Å². The van der Waals surface area contributed by atoms with Crippen LogP contribution in [-0.2, 0) is 19.5 Å². The van der Waals surface area contributed by atoms with E-state index >= 15 is 0 Å². The summed E-state index contributed by atoms with van der Waals surface area (Å²) in [6.07, 6.45) is 4.22. The molecule has 150 valence electrons. The fourth-order valence-corrected chi connectivity index (χ4v) is 4.64. The van der Waals surface area contributed by atoms with Gasteiger partial charge in [-0.05, 0) is 35.9 Å². The Balaban J connectivity index is 1.24. The van der Waals surface area contributed by atoms with E-state index in [0.717, 1.165) is 42.3 Å². The van der Waals surface area contributed by atoms with Crippen LogP contribution in [-0.4, -0.2) is 26.4 Å². The predicted molar refractivity (Wildman–Crippen MR) is 114 cm³/mol. The first-order chi connectivity index (χ1) is 14.7. The summed E-state index contributed by atoms with van der Waals surface area (Å²) >= 11 is 1.66. The number of aromatic nitrogens is 3. The molecule has 7 heteroatoms. The van der Waals surface area contributed by atoms with Gasteiger partial charge in [-0.3, -0.25) is 4.90 Å². The van der Waals surface area contributed by atoms with Gasteiger partial charge in [0.2, 0.25) is 0 Å². The second-order valence-electron chi connectivity index (χ2n) is 7.14. The van der Waals surface area contributed by atoms with Crippen LogP contribution >= 0.6 is 11.3 Å². The first-order valence-corrected chi connectivity index (χ1v) is 10.6. The van der Waals surface area contributed by atoms with Crippen LogP contribution < -0.4 is 4.74 Å². The van der Waals surface area contributed by atoms with Crippen molar-refractivity contribution in [2.75, 3.05) is 6.54 Å². The van der Waals surface area contributed by atoms with Crippen LogP contribution in [0, 0.1) is 5.82 Å². The number of thiazole rings is 1. The van der Waals surface area contributed by atoms with Gasteiger partial charge in [0.25, 0.3) is 0 Å². The summed E-state index contributed by atoms with van der Waals surface area (Å²) in [5, 5.41) is 0.894. The molecule has 1 aliphatic rings. The molecule has 0 radical (unpaired) electrons. The minimum atomic E-state index is -0.228. The summed E-state index contributed by atoms with van der Waals surface area (Å²) in [6.45, 7) is 2.67. The highest BCUT2D eigenvalue weighted by molar-refractivity contribution is 7.15. The Kier molecular flexibility index (Phi) is 5.21. The molecule has 5 rings (SSSR count).